The molecule has 0 aromatic carbocycles. The second-order valence-electron chi connectivity index (χ2n) is 5.04. The van der Waals surface area contributed by atoms with Crippen molar-refractivity contribution in [2.75, 3.05) is 40.3 Å². The first kappa shape index (κ1) is 13.8. The lowest BCUT2D eigenvalue weighted by atomic mass is 10.2. The standard InChI is InChI=1S/C13H20N4O2/c1-16-3-4-17(2)11(9-16)7-15-13(19)10-5-12(18)8-14-6-10/h5-6,8,11,18H,3-4,7,9H2,1-2H3,(H,15,19). The molecular weight excluding hydrogens is 244 g/mol. The van der Waals surface area contributed by atoms with E-state index in [1.807, 2.05) is 0 Å². The van der Waals surface area contributed by atoms with Crippen LogP contribution < -0.4 is 5.32 Å². The van der Waals surface area contributed by atoms with Crippen LogP contribution in [0.25, 0.3) is 0 Å². The maximum Gasteiger partial charge on any atom is 0.253 e. The van der Waals surface area contributed by atoms with Gasteiger partial charge in [-0.05, 0) is 20.2 Å². The van der Waals surface area contributed by atoms with Crippen LogP contribution in [0.15, 0.2) is 18.5 Å². The number of piperazine rings is 1. The van der Waals surface area contributed by atoms with Gasteiger partial charge in [0.15, 0.2) is 0 Å². The van der Waals surface area contributed by atoms with Crippen molar-refractivity contribution in [3.63, 3.8) is 0 Å². The van der Waals surface area contributed by atoms with E-state index in [9.17, 15) is 9.90 Å². The summed E-state index contributed by atoms with van der Waals surface area (Å²) in [6, 6.07) is 1.73. The van der Waals surface area contributed by atoms with Crippen molar-refractivity contribution in [2.24, 2.45) is 0 Å². The molecule has 0 aliphatic carbocycles. The molecule has 1 amide bonds. The van der Waals surface area contributed by atoms with Gasteiger partial charge in [0, 0.05) is 38.4 Å². The zero-order chi connectivity index (χ0) is 13.8. The highest BCUT2D eigenvalue weighted by molar-refractivity contribution is 5.94. The van der Waals surface area contributed by atoms with Crippen molar-refractivity contribution in [1.82, 2.24) is 20.1 Å². The van der Waals surface area contributed by atoms with Crippen molar-refractivity contribution in [3.8, 4) is 5.75 Å². The number of nitrogens with one attached hydrogen (secondary N) is 1. The van der Waals surface area contributed by atoms with E-state index in [0.717, 1.165) is 19.6 Å². The molecule has 104 valence electrons. The monoisotopic (exact) mass is 264 g/mol. The Kier molecular flexibility index (Phi) is 4.34. The van der Waals surface area contributed by atoms with Crippen LogP contribution in [0.3, 0.4) is 0 Å². The zero-order valence-corrected chi connectivity index (χ0v) is 11.3. The number of likely N-dealkylation sites (N-methyl/N-ethyl adjacent to an activating group) is 2. The maximum absolute atomic E-state index is 11.9. The Morgan fingerprint density at radius 1 is 1.47 bits per heavy atom. The second kappa shape index (κ2) is 5.99. The van der Waals surface area contributed by atoms with Gasteiger partial charge in [-0.2, -0.15) is 0 Å². The van der Waals surface area contributed by atoms with Gasteiger partial charge in [-0.25, -0.2) is 0 Å². The highest BCUT2D eigenvalue weighted by Gasteiger charge is 2.22. The Morgan fingerprint density at radius 3 is 3.00 bits per heavy atom. The first-order valence-corrected chi connectivity index (χ1v) is 6.37. The largest absolute Gasteiger partial charge is 0.506 e. The topological polar surface area (TPSA) is 68.7 Å². The molecule has 1 saturated heterocycles. The summed E-state index contributed by atoms with van der Waals surface area (Å²) in [5.41, 5.74) is 0.381. The predicted molar refractivity (Wildman–Crippen MR) is 72.2 cm³/mol. The third-order valence-electron chi connectivity index (χ3n) is 3.46. The van der Waals surface area contributed by atoms with Crippen LogP contribution in [0.5, 0.6) is 5.75 Å². The minimum atomic E-state index is -0.204. The van der Waals surface area contributed by atoms with Crippen LogP contribution in [-0.2, 0) is 0 Å². The Hall–Kier alpha value is -1.66. The van der Waals surface area contributed by atoms with Gasteiger partial charge >= 0.3 is 0 Å². The number of aromatic nitrogens is 1. The molecular formula is C13H20N4O2. The minimum absolute atomic E-state index is 0.00201. The normalized spacial score (nSPS) is 21.3. The molecule has 2 heterocycles. The van der Waals surface area contributed by atoms with Crippen LogP contribution in [0.2, 0.25) is 0 Å². The molecule has 6 nitrogen and oxygen atoms in total. The van der Waals surface area contributed by atoms with Gasteiger partial charge in [0.25, 0.3) is 5.91 Å². The molecule has 19 heavy (non-hydrogen) atoms. The van der Waals surface area contributed by atoms with Crippen LogP contribution in [0, 0.1) is 0 Å². The number of pyridine rings is 1. The fourth-order valence-electron chi connectivity index (χ4n) is 2.19. The summed E-state index contributed by atoms with van der Waals surface area (Å²) in [6.07, 6.45) is 2.76. The molecule has 0 bridgehead atoms. The fourth-order valence-corrected chi connectivity index (χ4v) is 2.19. The first-order valence-electron chi connectivity index (χ1n) is 6.37. The smallest absolute Gasteiger partial charge is 0.253 e. The Bertz CT molecular complexity index is 452. The van der Waals surface area contributed by atoms with Gasteiger partial charge in [0.05, 0.1) is 11.8 Å². The van der Waals surface area contributed by atoms with Crippen LogP contribution in [0.4, 0.5) is 0 Å². The summed E-state index contributed by atoms with van der Waals surface area (Å²) in [5.74, 6) is -0.202. The molecule has 6 heteroatoms. The number of nitrogens with zero attached hydrogens (tertiary/aromatic N) is 3. The molecule has 1 aliphatic heterocycles. The molecule has 1 aromatic heterocycles. The lowest BCUT2D eigenvalue weighted by Gasteiger charge is -2.37. The molecule has 1 aliphatic rings. The molecule has 1 unspecified atom stereocenters. The van der Waals surface area contributed by atoms with Gasteiger partial charge in [-0.1, -0.05) is 0 Å². The molecule has 0 radical (unpaired) electrons. The van der Waals surface area contributed by atoms with Gasteiger partial charge in [0.1, 0.15) is 5.75 Å². The Morgan fingerprint density at radius 2 is 2.26 bits per heavy atom. The Balaban J connectivity index is 1.89. The third-order valence-corrected chi connectivity index (χ3v) is 3.46. The van der Waals surface area contributed by atoms with Gasteiger partial charge in [-0.15, -0.1) is 0 Å². The number of amides is 1. The summed E-state index contributed by atoms with van der Waals surface area (Å²) in [6.45, 7) is 3.59. The van der Waals surface area contributed by atoms with Crippen molar-refractivity contribution in [1.29, 1.82) is 0 Å². The SMILES string of the molecule is CN1CCN(C)C(CNC(=O)c2cncc(O)c2)C1. The first-order chi connectivity index (χ1) is 9.06. The minimum Gasteiger partial charge on any atom is -0.506 e. The number of carbonyl (C=O) groups excluding carboxylic acids is 1. The molecule has 2 N–H and O–H groups in total. The van der Waals surface area contributed by atoms with E-state index in [-0.39, 0.29) is 11.7 Å². The summed E-state index contributed by atoms with van der Waals surface area (Å²) >= 11 is 0. The van der Waals surface area contributed by atoms with Crippen LogP contribution >= 0.6 is 0 Å². The summed E-state index contributed by atoms with van der Waals surface area (Å²) in [4.78, 5) is 20.2. The maximum atomic E-state index is 11.9. The lowest BCUT2D eigenvalue weighted by molar-refractivity contribution is 0.0880. The number of hydrogen-bond acceptors (Lipinski definition) is 5. The van der Waals surface area contributed by atoms with E-state index in [4.69, 9.17) is 0 Å². The number of rotatable bonds is 3. The Labute approximate surface area is 113 Å². The predicted octanol–water partition coefficient (Wildman–Crippen LogP) is -0.237. The van der Waals surface area contributed by atoms with Crippen molar-refractivity contribution in [3.05, 3.63) is 24.0 Å². The van der Waals surface area contributed by atoms with E-state index < -0.39 is 0 Å². The fraction of sp³-hybridized carbons (Fsp3) is 0.538. The van der Waals surface area contributed by atoms with E-state index >= 15 is 0 Å². The van der Waals surface area contributed by atoms with Crippen molar-refractivity contribution < 1.29 is 9.90 Å². The molecule has 1 fully saturated rings. The molecule has 1 atom stereocenters. The third kappa shape index (κ3) is 3.65. The molecule has 0 spiro atoms. The highest BCUT2D eigenvalue weighted by atomic mass is 16.3. The lowest BCUT2D eigenvalue weighted by Crippen LogP contribution is -2.54. The van der Waals surface area contributed by atoms with E-state index in [2.05, 4.69) is 34.2 Å². The molecule has 1 aromatic rings. The molecule has 2 rings (SSSR count). The second-order valence-corrected chi connectivity index (χ2v) is 5.04. The van der Waals surface area contributed by atoms with E-state index in [1.165, 1.54) is 18.5 Å². The number of aromatic hydroxyl groups is 1. The summed E-state index contributed by atoms with van der Waals surface area (Å²) < 4.78 is 0. The van der Waals surface area contributed by atoms with E-state index in [0.29, 0.717) is 18.2 Å². The average Bonchev–Trinajstić information content (AvgIpc) is 2.39. The number of carbonyl (C=O) groups is 1. The van der Waals surface area contributed by atoms with E-state index in [1.54, 1.807) is 0 Å². The van der Waals surface area contributed by atoms with Gasteiger partial charge in [-0.3, -0.25) is 14.7 Å². The van der Waals surface area contributed by atoms with Crippen LogP contribution in [-0.4, -0.2) is 72.1 Å². The average molecular weight is 264 g/mol. The highest BCUT2D eigenvalue weighted by Crippen LogP contribution is 2.09. The molecule has 0 saturated carbocycles. The zero-order valence-electron chi connectivity index (χ0n) is 11.3. The summed E-state index contributed by atoms with van der Waals surface area (Å²) in [5, 5.41) is 12.2. The quantitative estimate of drug-likeness (QED) is 0.789. The van der Waals surface area contributed by atoms with Crippen molar-refractivity contribution in [2.45, 2.75) is 6.04 Å². The van der Waals surface area contributed by atoms with Crippen LogP contribution in [0.1, 0.15) is 10.4 Å². The van der Waals surface area contributed by atoms with Gasteiger partial charge in [0.2, 0.25) is 0 Å². The number of hydrogen-bond donors (Lipinski definition) is 2. The van der Waals surface area contributed by atoms with Gasteiger partial charge < -0.3 is 15.3 Å². The summed E-state index contributed by atoms with van der Waals surface area (Å²) in [7, 11) is 4.15. The van der Waals surface area contributed by atoms with Crippen molar-refractivity contribution >= 4 is 5.91 Å².